The average molecular weight is 354 g/mol. The topological polar surface area (TPSA) is 98.7 Å². The van der Waals surface area contributed by atoms with Crippen LogP contribution in [-0.4, -0.2) is 46.5 Å². The summed E-state index contributed by atoms with van der Waals surface area (Å²) in [4.78, 5) is 37.0. The van der Waals surface area contributed by atoms with Crippen molar-refractivity contribution in [1.82, 2.24) is 15.5 Å². The number of phenolic OH excluding ortho intramolecular Hbond substituents is 1. The minimum Gasteiger partial charge on any atom is -0.507 e. The minimum atomic E-state index is -1.04. The van der Waals surface area contributed by atoms with E-state index < -0.39 is 17.5 Å². The monoisotopic (exact) mass is 353 g/mol. The lowest BCUT2D eigenvalue weighted by atomic mass is 9.99. The van der Waals surface area contributed by atoms with Gasteiger partial charge in [0, 0.05) is 11.0 Å². The van der Waals surface area contributed by atoms with E-state index in [9.17, 15) is 19.5 Å². The molecule has 1 aromatic carbocycles. The minimum absolute atomic E-state index is 0.0961. The van der Waals surface area contributed by atoms with Crippen LogP contribution in [0.2, 0.25) is 0 Å². The summed E-state index contributed by atoms with van der Waals surface area (Å²) in [6.45, 7) is 0.431. The highest BCUT2D eigenvalue weighted by Gasteiger charge is 2.51. The predicted molar refractivity (Wildman–Crippen MR) is 75.7 cm³/mol. The van der Waals surface area contributed by atoms with E-state index in [0.29, 0.717) is 17.4 Å². The van der Waals surface area contributed by atoms with Crippen LogP contribution in [0.1, 0.15) is 16.8 Å². The Morgan fingerprint density at radius 1 is 1.38 bits per heavy atom. The Kier molecular flexibility index (Phi) is 3.12. The van der Waals surface area contributed by atoms with Gasteiger partial charge >= 0.3 is 6.03 Å². The zero-order valence-electron chi connectivity index (χ0n) is 10.9. The molecule has 1 unspecified atom stereocenters. The van der Waals surface area contributed by atoms with Gasteiger partial charge in [0.15, 0.2) is 0 Å². The van der Waals surface area contributed by atoms with Crippen LogP contribution in [0.25, 0.3) is 0 Å². The quantitative estimate of drug-likeness (QED) is 0.643. The second-order valence-corrected chi connectivity index (χ2v) is 6.04. The van der Waals surface area contributed by atoms with Crippen molar-refractivity contribution in [2.75, 3.05) is 13.1 Å². The molecule has 110 valence electrons. The van der Waals surface area contributed by atoms with Gasteiger partial charge in [-0.1, -0.05) is 15.9 Å². The van der Waals surface area contributed by atoms with E-state index in [0.717, 1.165) is 0 Å². The number of aromatic hydroxyl groups is 1. The average Bonchev–Trinajstić information content (AvgIpc) is 2.94. The largest absolute Gasteiger partial charge is 0.507 e. The van der Waals surface area contributed by atoms with Crippen LogP contribution >= 0.6 is 15.9 Å². The Bertz CT molecular complexity index is 663. The van der Waals surface area contributed by atoms with E-state index in [2.05, 4.69) is 26.6 Å². The molecule has 1 spiro atoms. The van der Waals surface area contributed by atoms with Crippen LogP contribution in [0.3, 0.4) is 0 Å². The van der Waals surface area contributed by atoms with E-state index in [1.165, 1.54) is 17.0 Å². The molecule has 3 rings (SSSR count). The fraction of sp³-hybridized carbons (Fsp3) is 0.308. The molecular formula is C13H12BrN3O4. The lowest BCUT2D eigenvalue weighted by Gasteiger charge is -2.21. The Morgan fingerprint density at radius 2 is 2.14 bits per heavy atom. The molecule has 1 atom stereocenters. The summed E-state index contributed by atoms with van der Waals surface area (Å²) in [5, 5.41) is 14.6. The van der Waals surface area contributed by atoms with Gasteiger partial charge in [0.2, 0.25) is 0 Å². The van der Waals surface area contributed by atoms with Crippen molar-refractivity contribution in [3.8, 4) is 5.75 Å². The number of hydrogen-bond donors (Lipinski definition) is 3. The van der Waals surface area contributed by atoms with E-state index in [1.54, 1.807) is 6.07 Å². The zero-order valence-corrected chi connectivity index (χ0v) is 12.4. The van der Waals surface area contributed by atoms with E-state index in [-0.39, 0.29) is 23.8 Å². The van der Waals surface area contributed by atoms with Gasteiger partial charge in [0.05, 0.1) is 12.1 Å². The maximum absolute atomic E-state index is 12.4. The summed E-state index contributed by atoms with van der Waals surface area (Å²) in [6, 6.07) is 4.06. The highest BCUT2D eigenvalue weighted by molar-refractivity contribution is 9.10. The normalized spacial score (nSPS) is 24.3. The summed E-state index contributed by atoms with van der Waals surface area (Å²) in [6.07, 6.45) is 0.355. The second-order valence-electron chi connectivity index (χ2n) is 5.13. The van der Waals surface area contributed by atoms with Crippen molar-refractivity contribution < 1.29 is 19.5 Å². The number of rotatable bonds is 1. The first-order chi connectivity index (χ1) is 9.91. The number of carbonyl (C=O) groups excluding carboxylic acids is 3. The van der Waals surface area contributed by atoms with Gasteiger partial charge in [0.1, 0.15) is 11.3 Å². The number of hydrogen-bond acceptors (Lipinski definition) is 4. The van der Waals surface area contributed by atoms with Gasteiger partial charge in [-0.2, -0.15) is 0 Å². The number of nitrogens with one attached hydrogen (secondary N) is 2. The molecule has 0 radical (unpaired) electrons. The molecule has 2 heterocycles. The number of imide groups is 1. The van der Waals surface area contributed by atoms with Gasteiger partial charge in [-0.05, 0) is 24.6 Å². The van der Waals surface area contributed by atoms with Crippen molar-refractivity contribution in [2.45, 2.75) is 12.0 Å². The lowest BCUT2D eigenvalue weighted by molar-refractivity contribution is -0.123. The Balaban J connectivity index is 1.82. The fourth-order valence-electron chi connectivity index (χ4n) is 2.65. The number of benzene rings is 1. The number of nitrogens with zero attached hydrogens (tertiary/aromatic N) is 1. The molecule has 2 aliphatic heterocycles. The van der Waals surface area contributed by atoms with Gasteiger partial charge in [-0.15, -0.1) is 0 Å². The molecule has 8 heteroatoms. The maximum atomic E-state index is 12.4. The Labute approximate surface area is 128 Å². The molecule has 2 aliphatic rings. The van der Waals surface area contributed by atoms with Crippen molar-refractivity contribution in [3.63, 3.8) is 0 Å². The standard InChI is InChI=1S/C13H12BrN3O4/c14-7-1-2-8(9(18)5-7)10(19)17-4-3-13(6-17)11(20)15-12(21)16-13/h1-2,5,18H,3-4,6H2,(H2,15,16,20,21). The van der Waals surface area contributed by atoms with Crippen LogP contribution in [0.4, 0.5) is 4.79 Å². The molecule has 0 saturated carbocycles. The number of amides is 4. The van der Waals surface area contributed by atoms with Crippen LogP contribution in [0.5, 0.6) is 5.75 Å². The lowest BCUT2D eigenvalue weighted by Crippen LogP contribution is -2.49. The molecule has 2 saturated heterocycles. The van der Waals surface area contributed by atoms with Crippen LogP contribution < -0.4 is 10.6 Å². The summed E-state index contributed by atoms with van der Waals surface area (Å²) in [5.41, 5.74) is -0.877. The van der Waals surface area contributed by atoms with Gasteiger partial charge in [0.25, 0.3) is 11.8 Å². The third-order valence-electron chi connectivity index (χ3n) is 3.76. The van der Waals surface area contributed by atoms with Crippen LogP contribution in [-0.2, 0) is 4.79 Å². The molecule has 21 heavy (non-hydrogen) atoms. The molecule has 4 amide bonds. The first-order valence-electron chi connectivity index (χ1n) is 6.33. The van der Waals surface area contributed by atoms with E-state index in [4.69, 9.17) is 0 Å². The first kappa shape index (κ1) is 13.9. The Hall–Kier alpha value is -2.09. The second kappa shape index (κ2) is 4.73. The van der Waals surface area contributed by atoms with Crippen molar-refractivity contribution >= 4 is 33.8 Å². The first-order valence-corrected chi connectivity index (χ1v) is 7.12. The summed E-state index contributed by atoms with van der Waals surface area (Å²) in [5.74, 6) is -0.913. The number of likely N-dealkylation sites (tertiary alicyclic amines) is 1. The predicted octanol–water partition coefficient (Wildman–Crippen LogP) is 0.579. The third-order valence-corrected chi connectivity index (χ3v) is 4.25. The van der Waals surface area contributed by atoms with Crippen molar-refractivity contribution in [2.24, 2.45) is 0 Å². The molecule has 0 aliphatic carbocycles. The molecule has 0 aromatic heterocycles. The number of urea groups is 1. The molecule has 3 N–H and O–H groups in total. The SMILES string of the molecule is O=C1NC(=O)C2(CCN(C(=O)c3ccc(Br)cc3O)C2)N1. The number of phenols is 1. The molecule has 7 nitrogen and oxygen atoms in total. The van der Waals surface area contributed by atoms with E-state index in [1.807, 2.05) is 0 Å². The Morgan fingerprint density at radius 3 is 2.76 bits per heavy atom. The summed E-state index contributed by atoms with van der Waals surface area (Å²) in [7, 11) is 0. The molecule has 0 bridgehead atoms. The highest BCUT2D eigenvalue weighted by Crippen LogP contribution is 2.29. The third kappa shape index (κ3) is 2.25. The highest BCUT2D eigenvalue weighted by atomic mass is 79.9. The molecule has 1 aromatic rings. The van der Waals surface area contributed by atoms with E-state index >= 15 is 0 Å². The maximum Gasteiger partial charge on any atom is 0.322 e. The fourth-order valence-corrected chi connectivity index (χ4v) is 3.00. The van der Waals surface area contributed by atoms with Gasteiger partial charge < -0.3 is 15.3 Å². The van der Waals surface area contributed by atoms with Crippen molar-refractivity contribution in [3.05, 3.63) is 28.2 Å². The molecule has 2 fully saturated rings. The number of halogens is 1. The zero-order chi connectivity index (χ0) is 15.2. The summed E-state index contributed by atoms with van der Waals surface area (Å²) < 4.78 is 0.664. The smallest absolute Gasteiger partial charge is 0.322 e. The van der Waals surface area contributed by atoms with Crippen LogP contribution in [0.15, 0.2) is 22.7 Å². The van der Waals surface area contributed by atoms with Crippen molar-refractivity contribution in [1.29, 1.82) is 0 Å². The van der Waals surface area contributed by atoms with Crippen LogP contribution in [0, 0.1) is 0 Å². The molecular weight excluding hydrogens is 342 g/mol. The van der Waals surface area contributed by atoms with Gasteiger partial charge in [-0.3, -0.25) is 14.9 Å². The summed E-state index contributed by atoms with van der Waals surface area (Å²) >= 11 is 3.21. The van der Waals surface area contributed by atoms with Gasteiger partial charge in [-0.25, -0.2) is 4.79 Å². The number of carbonyl (C=O) groups is 3.